The first-order valence-corrected chi connectivity index (χ1v) is 7.93. The van der Waals surface area contributed by atoms with E-state index < -0.39 is 4.92 Å². The minimum Gasteiger partial charge on any atom is -0.495 e. The largest absolute Gasteiger partial charge is 0.495 e. The number of hydrogen-bond donors (Lipinski definition) is 1. The minimum absolute atomic E-state index is 0.00919. The zero-order valence-corrected chi connectivity index (χ0v) is 15.1. The van der Waals surface area contributed by atoms with Gasteiger partial charge in [-0.15, -0.1) is 0 Å². The summed E-state index contributed by atoms with van der Waals surface area (Å²) in [6.45, 7) is 7.85. The first-order chi connectivity index (χ1) is 11.8. The molecule has 0 amide bonds. The summed E-state index contributed by atoms with van der Waals surface area (Å²) in [5, 5.41) is 14.2. The molecular weight excluding hydrogens is 320 g/mol. The van der Waals surface area contributed by atoms with Crippen LogP contribution >= 0.6 is 0 Å². The van der Waals surface area contributed by atoms with Gasteiger partial charge in [-0.25, -0.2) is 0 Å². The normalized spacial score (nSPS) is 10.4. The van der Waals surface area contributed by atoms with Crippen molar-refractivity contribution in [2.24, 2.45) is 0 Å². The number of nitro benzene ring substituents is 1. The number of carbonyl (C=O) groups is 1. The third-order valence-electron chi connectivity index (χ3n) is 4.33. The molecule has 2 aromatic carbocycles. The molecule has 0 atom stereocenters. The fourth-order valence-corrected chi connectivity index (χ4v) is 3.17. The smallest absolute Gasteiger partial charge is 0.271 e. The SMILES string of the molecule is COc1ccc([N+](=O)[O-])cc1NCc1c(C)cc(C)c(C(C)=O)c1C. The number of methoxy groups -OCH3 is 1. The Morgan fingerprint density at radius 3 is 2.44 bits per heavy atom. The zero-order valence-electron chi connectivity index (χ0n) is 15.1. The predicted octanol–water partition coefficient (Wildman–Crippen LogP) is 4.34. The van der Waals surface area contributed by atoms with E-state index in [-0.39, 0.29) is 11.5 Å². The highest BCUT2D eigenvalue weighted by atomic mass is 16.6. The fourth-order valence-electron chi connectivity index (χ4n) is 3.17. The second-order valence-corrected chi connectivity index (χ2v) is 6.04. The van der Waals surface area contributed by atoms with Crippen molar-refractivity contribution in [1.82, 2.24) is 0 Å². The van der Waals surface area contributed by atoms with Gasteiger partial charge in [0.2, 0.25) is 0 Å². The third-order valence-corrected chi connectivity index (χ3v) is 4.33. The highest BCUT2D eigenvalue weighted by Crippen LogP contribution is 2.30. The van der Waals surface area contributed by atoms with Crippen LogP contribution in [0.3, 0.4) is 0 Å². The summed E-state index contributed by atoms with van der Waals surface area (Å²) in [4.78, 5) is 22.5. The number of Topliss-reactive ketones (excluding diaryl/α,β-unsaturated/α-hetero) is 1. The molecule has 2 aromatic rings. The Morgan fingerprint density at radius 2 is 1.88 bits per heavy atom. The average Bonchev–Trinajstić information content (AvgIpc) is 2.53. The van der Waals surface area contributed by atoms with Gasteiger partial charge in [0.15, 0.2) is 5.78 Å². The van der Waals surface area contributed by atoms with Gasteiger partial charge in [-0.3, -0.25) is 14.9 Å². The Bertz CT molecular complexity index is 844. The van der Waals surface area contributed by atoms with E-state index in [9.17, 15) is 14.9 Å². The molecule has 0 spiro atoms. The minimum atomic E-state index is -0.444. The molecule has 0 aromatic heterocycles. The van der Waals surface area contributed by atoms with Gasteiger partial charge in [-0.05, 0) is 56.0 Å². The van der Waals surface area contributed by atoms with Crippen LogP contribution < -0.4 is 10.1 Å². The first-order valence-electron chi connectivity index (χ1n) is 7.93. The Balaban J connectivity index is 2.39. The second kappa shape index (κ2) is 7.34. The number of nitrogens with one attached hydrogen (secondary N) is 1. The molecule has 0 radical (unpaired) electrons. The van der Waals surface area contributed by atoms with Crippen molar-refractivity contribution in [2.45, 2.75) is 34.2 Å². The number of nitro groups is 1. The number of aryl methyl sites for hydroxylation is 2. The van der Waals surface area contributed by atoms with E-state index >= 15 is 0 Å². The number of carbonyl (C=O) groups excluding carboxylic acids is 1. The average molecular weight is 342 g/mol. The number of ether oxygens (including phenoxy) is 1. The van der Waals surface area contributed by atoms with E-state index in [0.717, 1.165) is 27.8 Å². The number of rotatable bonds is 6. The Labute approximate surface area is 147 Å². The van der Waals surface area contributed by atoms with Gasteiger partial charge in [0.25, 0.3) is 5.69 Å². The molecule has 6 heteroatoms. The molecule has 0 fully saturated rings. The van der Waals surface area contributed by atoms with E-state index in [1.807, 2.05) is 26.8 Å². The highest BCUT2D eigenvalue weighted by Gasteiger charge is 2.16. The Kier molecular flexibility index (Phi) is 5.41. The zero-order chi connectivity index (χ0) is 18.7. The summed E-state index contributed by atoms with van der Waals surface area (Å²) in [5.41, 5.74) is 5.22. The predicted molar refractivity (Wildman–Crippen MR) is 97.6 cm³/mol. The fraction of sp³-hybridized carbons (Fsp3) is 0.316. The summed E-state index contributed by atoms with van der Waals surface area (Å²) in [6, 6.07) is 6.41. The van der Waals surface area contributed by atoms with Crippen LogP contribution in [0.25, 0.3) is 0 Å². The van der Waals surface area contributed by atoms with Crippen LogP contribution in [0.2, 0.25) is 0 Å². The molecule has 0 heterocycles. The van der Waals surface area contributed by atoms with Gasteiger partial charge < -0.3 is 10.1 Å². The lowest BCUT2D eigenvalue weighted by atomic mass is 9.91. The first kappa shape index (κ1) is 18.4. The summed E-state index contributed by atoms with van der Waals surface area (Å²) < 4.78 is 5.27. The van der Waals surface area contributed by atoms with Crippen molar-refractivity contribution < 1.29 is 14.5 Å². The van der Waals surface area contributed by atoms with Crippen molar-refractivity contribution in [3.63, 3.8) is 0 Å². The maximum absolute atomic E-state index is 11.9. The molecule has 0 saturated carbocycles. The van der Waals surface area contributed by atoms with Crippen molar-refractivity contribution >= 4 is 17.2 Å². The number of anilines is 1. The Hall–Kier alpha value is -2.89. The van der Waals surface area contributed by atoms with Crippen LogP contribution in [0.1, 0.15) is 39.5 Å². The molecule has 0 aliphatic rings. The van der Waals surface area contributed by atoms with E-state index in [1.165, 1.54) is 19.2 Å². The van der Waals surface area contributed by atoms with Gasteiger partial charge in [0.05, 0.1) is 17.7 Å². The van der Waals surface area contributed by atoms with E-state index in [4.69, 9.17) is 4.74 Å². The van der Waals surface area contributed by atoms with Crippen LogP contribution in [-0.2, 0) is 6.54 Å². The standard InChI is InChI=1S/C19H22N2O4/c1-11-8-12(2)19(14(4)22)13(3)16(11)10-20-17-9-15(21(23)24)6-7-18(17)25-5/h6-9,20H,10H2,1-5H3. The molecule has 0 bridgehead atoms. The lowest BCUT2D eigenvalue weighted by Gasteiger charge is -2.18. The van der Waals surface area contributed by atoms with Crippen LogP contribution in [0, 0.1) is 30.9 Å². The van der Waals surface area contributed by atoms with Crippen LogP contribution in [-0.4, -0.2) is 17.8 Å². The molecule has 1 N–H and O–H groups in total. The van der Waals surface area contributed by atoms with Gasteiger partial charge >= 0.3 is 0 Å². The van der Waals surface area contributed by atoms with Gasteiger partial charge in [0.1, 0.15) is 5.75 Å². The van der Waals surface area contributed by atoms with Crippen molar-refractivity contribution in [2.75, 3.05) is 12.4 Å². The maximum Gasteiger partial charge on any atom is 0.271 e. The van der Waals surface area contributed by atoms with Crippen LogP contribution in [0.4, 0.5) is 11.4 Å². The number of non-ortho nitro benzene ring substituents is 1. The molecule has 0 aliphatic heterocycles. The Morgan fingerprint density at radius 1 is 1.20 bits per heavy atom. The van der Waals surface area contributed by atoms with Gasteiger partial charge in [0, 0.05) is 24.2 Å². The molecule has 6 nitrogen and oxygen atoms in total. The van der Waals surface area contributed by atoms with Gasteiger partial charge in [-0.2, -0.15) is 0 Å². The lowest BCUT2D eigenvalue weighted by Crippen LogP contribution is -2.10. The monoisotopic (exact) mass is 342 g/mol. The number of ketones is 1. The quantitative estimate of drug-likeness (QED) is 0.480. The second-order valence-electron chi connectivity index (χ2n) is 6.04. The van der Waals surface area contributed by atoms with E-state index in [0.29, 0.717) is 18.0 Å². The maximum atomic E-state index is 11.9. The van der Waals surface area contributed by atoms with Gasteiger partial charge in [-0.1, -0.05) is 6.07 Å². The van der Waals surface area contributed by atoms with E-state index in [1.54, 1.807) is 13.0 Å². The molecular formula is C19H22N2O4. The topological polar surface area (TPSA) is 81.5 Å². The number of benzene rings is 2. The third kappa shape index (κ3) is 3.79. The van der Waals surface area contributed by atoms with Crippen molar-refractivity contribution in [3.8, 4) is 5.75 Å². The lowest BCUT2D eigenvalue weighted by molar-refractivity contribution is -0.384. The molecule has 132 valence electrons. The van der Waals surface area contributed by atoms with E-state index in [2.05, 4.69) is 5.32 Å². The summed E-state index contributed by atoms with van der Waals surface area (Å²) >= 11 is 0. The molecule has 0 saturated heterocycles. The summed E-state index contributed by atoms with van der Waals surface area (Å²) in [7, 11) is 1.52. The number of nitrogens with zero attached hydrogens (tertiary/aromatic N) is 1. The summed E-state index contributed by atoms with van der Waals surface area (Å²) in [6.07, 6.45) is 0. The summed E-state index contributed by atoms with van der Waals surface area (Å²) in [5.74, 6) is 0.559. The van der Waals surface area contributed by atoms with Crippen molar-refractivity contribution in [3.05, 3.63) is 62.2 Å². The number of hydrogen-bond acceptors (Lipinski definition) is 5. The molecule has 25 heavy (non-hydrogen) atoms. The molecule has 0 unspecified atom stereocenters. The van der Waals surface area contributed by atoms with Crippen LogP contribution in [0.15, 0.2) is 24.3 Å². The molecule has 2 rings (SSSR count). The van der Waals surface area contributed by atoms with Crippen LogP contribution in [0.5, 0.6) is 5.75 Å². The van der Waals surface area contributed by atoms with Crippen molar-refractivity contribution in [1.29, 1.82) is 0 Å². The molecule has 0 aliphatic carbocycles. The highest BCUT2D eigenvalue weighted by molar-refractivity contribution is 5.97.